The molecule has 0 bridgehead atoms. The summed E-state index contributed by atoms with van der Waals surface area (Å²) in [7, 11) is 0. The third-order valence-electron chi connectivity index (χ3n) is 21.3. The minimum absolute atomic E-state index is 0.0851. The highest BCUT2D eigenvalue weighted by Crippen LogP contribution is 2.76. The first-order chi connectivity index (χ1) is 37.7. The van der Waals surface area contributed by atoms with Gasteiger partial charge in [0.2, 0.25) is 0 Å². The van der Waals surface area contributed by atoms with Crippen molar-refractivity contribution in [2.24, 2.45) is 50.2 Å². The molecule has 0 aromatic carbocycles. The van der Waals surface area contributed by atoms with Crippen LogP contribution in [0.3, 0.4) is 0 Å². The van der Waals surface area contributed by atoms with E-state index in [0.29, 0.717) is 32.1 Å². The Morgan fingerprint density at radius 2 is 1.37 bits per heavy atom. The Bertz CT molecular complexity index is 2400. The van der Waals surface area contributed by atoms with Gasteiger partial charge in [0.25, 0.3) is 0 Å². The molecule has 27 atom stereocenters. The monoisotopic (exact) mass is 1160 g/mol. The fourth-order valence-electron chi connectivity index (χ4n) is 16.4. The van der Waals surface area contributed by atoms with E-state index in [1.54, 1.807) is 13.8 Å². The normalized spacial score (nSPS) is 49.6. The molecule has 0 aromatic rings. The largest absolute Gasteiger partial charge is 0.479 e. The van der Waals surface area contributed by atoms with Gasteiger partial charge in [0, 0.05) is 24.8 Å². The number of hydrogen-bond acceptors (Lipinski definition) is 23. The van der Waals surface area contributed by atoms with Crippen molar-refractivity contribution >= 4 is 23.9 Å². The summed E-state index contributed by atoms with van der Waals surface area (Å²) in [4.78, 5) is 50.6. The minimum Gasteiger partial charge on any atom is -0.479 e. The zero-order valence-corrected chi connectivity index (χ0v) is 48.2. The molecule has 0 unspecified atom stereocenters. The molecule has 0 aromatic heterocycles. The van der Waals surface area contributed by atoms with E-state index in [9.17, 15) is 75.3 Å². The van der Waals surface area contributed by atoms with Crippen LogP contribution in [0.5, 0.6) is 0 Å². The van der Waals surface area contributed by atoms with E-state index in [-0.39, 0.29) is 36.9 Å². The molecule has 3 saturated heterocycles. The summed E-state index contributed by atoms with van der Waals surface area (Å²) in [5.41, 5.74) is -4.16. The minimum atomic E-state index is -2.07. The van der Waals surface area contributed by atoms with Gasteiger partial charge in [-0.3, -0.25) is 9.59 Å². The van der Waals surface area contributed by atoms with Crippen LogP contribution in [0.25, 0.3) is 0 Å². The van der Waals surface area contributed by atoms with Crippen molar-refractivity contribution in [1.82, 2.24) is 0 Å². The van der Waals surface area contributed by atoms with E-state index in [1.807, 2.05) is 20.8 Å². The first kappa shape index (κ1) is 63.7. The quantitative estimate of drug-likeness (QED) is 0.0366. The van der Waals surface area contributed by atoms with Crippen LogP contribution in [0.1, 0.15) is 121 Å². The third-order valence-corrected chi connectivity index (χ3v) is 21.3. The first-order valence-electron chi connectivity index (χ1n) is 28.4. The standard InChI is InChI=1S/C57H88O24/c1-12-24(2)48(72)78-42-40(68)50(74-25(3)41(42)75-27(5)61)81-46-45(69)57(23-73-26(4)60)29(19-52(46,6)7)28-13-14-32-53(8)17-16-34(54(9,22-59)31(53)15-18-55(32,10)56(28,11)20-33(57)62)77-51-44(38(66)37(65)43(79-51)47(70)71)80-49-39(67)36(64)35(63)30(21-58)76-49/h12-13,25,29-46,49-51,58-59,62-69H,14-23H2,1-11H3,(H,70,71)/t25-,29+,30-,31-,32-,33-,34+,35-,36+,37+,38+,39-,40-,41+,42-,43+,44-,45+,46+,49+,50+,51-,53+,54-,55-,56-,57+/m1/s1. The van der Waals surface area contributed by atoms with Gasteiger partial charge in [-0.15, -0.1) is 0 Å². The molecule has 0 amide bonds. The van der Waals surface area contributed by atoms with Crippen LogP contribution in [-0.4, -0.2) is 216 Å². The van der Waals surface area contributed by atoms with Crippen molar-refractivity contribution in [3.8, 4) is 0 Å². The molecule has 3 heterocycles. The van der Waals surface area contributed by atoms with Crippen LogP contribution in [-0.2, 0) is 61.8 Å². The SMILES string of the molecule is CC=C(C)C(=O)O[C@@H]1[C@@H](O)[C@H](O[C@H]2[C@H](O)[C@]3(COC(C)=O)[C@H](O)C[C@]4(C)C(=CC[C@@H]5[C@@]6(C)CC[C@H](O[C@@H]7O[C@H](C(=O)O)[C@@H](O)[C@H](O)[C@H]7O[C@@H]7O[C@H](CO)[C@@H](O)[C@H](O)[C@H]7O)[C@](C)(CO)[C@@H]6CC[C@]54C)[C@@H]3CC2(C)C)O[C@H](C)[C@@H]1OC(C)=O. The van der Waals surface area contributed by atoms with Crippen molar-refractivity contribution in [2.75, 3.05) is 19.8 Å². The lowest BCUT2D eigenvalue weighted by Gasteiger charge is -2.72. The highest BCUT2D eigenvalue weighted by atomic mass is 16.8. The summed E-state index contributed by atoms with van der Waals surface area (Å²) >= 11 is 0. The first-order valence-corrected chi connectivity index (χ1v) is 28.4. The molecule has 4 saturated carbocycles. The molecule has 460 valence electrons. The smallest absolute Gasteiger partial charge is 0.335 e. The predicted octanol–water partition coefficient (Wildman–Crippen LogP) is 0.277. The van der Waals surface area contributed by atoms with Gasteiger partial charge in [-0.2, -0.15) is 0 Å². The zero-order valence-electron chi connectivity index (χ0n) is 48.2. The molecular formula is C57H88O24. The summed E-state index contributed by atoms with van der Waals surface area (Å²) in [5, 5.41) is 124. The van der Waals surface area contributed by atoms with Gasteiger partial charge in [0.05, 0.1) is 49.1 Å². The van der Waals surface area contributed by atoms with Gasteiger partial charge in [-0.1, -0.05) is 59.3 Å². The maximum atomic E-state index is 13.1. The van der Waals surface area contributed by atoms with Crippen molar-refractivity contribution in [2.45, 2.75) is 238 Å². The summed E-state index contributed by atoms with van der Waals surface area (Å²) in [5.74, 6) is -4.69. The molecule has 24 nitrogen and oxygen atoms in total. The Kier molecular flexibility index (Phi) is 18.2. The van der Waals surface area contributed by atoms with E-state index in [0.717, 1.165) is 5.57 Å². The fraction of sp³-hybridized carbons (Fsp3) is 0.860. The lowest BCUT2D eigenvalue weighted by molar-refractivity contribution is -0.375. The highest BCUT2D eigenvalue weighted by molar-refractivity contribution is 5.87. The van der Waals surface area contributed by atoms with Gasteiger partial charge < -0.3 is 98.8 Å². The molecule has 11 N–H and O–H groups in total. The van der Waals surface area contributed by atoms with Crippen LogP contribution >= 0.6 is 0 Å². The zero-order chi connectivity index (χ0) is 60.0. The summed E-state index contributed by atoms with van der Waals surface area (Å²) in [6, 6.07) is 0. The number of ether oxygens (including phenoxy) is 9. The number of esters is 3. The molecule has 81 heavy (non-hydrogen) atoms. The topological polar surface area (TPSA) is 374 Å². The number of carboxylic acid groups (broad SMARTS) is 1. The van der Waals surface area contributed by atoms with E-state index >= 15 is 0 Å². The Balaban J connectivity index is 1.09. The van der Waals surface area contributed by atoms with Crippen molar-refractivity contribution in [3.63, 3.8) is 0 Å². The molecule has 8 aliphatic rings. The summed E-state index contributed by atoms with van der Waals surface area (Å²) in [6.07, 6.45) is -23.7. The Labute approximate surface area is 471 Å². The lowest BCUT2D eigenvalue weighted by Crippen LogP contribution is -2.73. The number of aliphatic hydroxyl groups excluding tert-OH is 10. The molecule has 0 spiro atoms. The van der Waals surface area contributed by atoms with Crippen molar-refractivity contribution in [3.05, 3.63) is 23.3 Å². The lowest BCUT2D eigenvalue weighted by atomic mass is 9.33. The van der Waals surface area contributed by atoms with Gasteiger partial charge in [0.1, 0.15) is 55.4 Å². The third kappa shape index (κ3) is 10.5. The molecule has 24 heteroatoms. The van der Waals surface area contributed by atoms with Gasteiger partial charge in [-0.05, 0) is 105 Å². The van der Waals surface area contributed by atoms with Crippen LogP contribution in [0, 0.1) is 50.2 Å². The number of aliphatic carboxylic acids is 1. The number of hydrogen-bond donors (Lipinski definition) is 11. The maximum Gasteiger partial charge on any atom is 0.335 e. The second kappa shape index (κ2) is 23.2. The Hall–Kier alpha value is -3.28. The number of rotatable bonds is 14. The maximum absolute atomic E-state index is 13.1. The number of carbonyl (C=O) groups is 4. The van der Waals surface area contributed by atoms with Crippen molar-refractivity contribution < 1.29 is 118 Å². The van der Waals surface area contributed by atoms with Crippen molar-refractivity contribution in [1.29, 1.82) is 0 Å². The summed E-state index contributed by atoms with van der Waals surface area (Å²) < 4.78 is 53.9. The highest BCUT2D eigenvalue weighted by Gasteiger charge is 2.74. The second-order valence-electron chi connectivity index (χ2n) is 26.1. The number of carboxylic acids is 1. The predicted molar refractivity (Wildman–Crippen MR) is 277 cm³/mol. The van der Waals surface area contributed by atoms with Crippen LogP contribution in [0.15, 0.2) is 23.3 Å². The van der Waals surface area contributed by atoms with E-state index < -0.39 is 192 Å². The average Bonchev–Trinajstić information content (AvgIpc) is 1.81. The molecule has 8 rings (SSSR count). The molecule has 0 radical (unpaired) electrons. The molecule has 5 aliphatic carbocycles. The van der Waals surface area contributed by atoms with E-state index in [4.69, 9.17) is 42.6 Å². The number of fused-ring (bicyclic) bond motifs is 7. The van der Waals surface area contributed by atoms with E-state index in [2.05, 4.69) is 26.8 Å². The van der Waals surface area contributed by atoms with Gasteiger partial charge in [0.15, 0.2) is 37.2 Å². The fourth-order valence-corrected chi connectivity index (χ4v) is 16.4. The van der Waals surface area contributed by atoms with Gasteiger partial charge >= 0.3 is 23.9 Å². The molecule has 3 aliphatic heterocycles. The van der Waals surface area contributed by atoms with Crippen LogP contribution in [0.4, 0.5) is 0 Å². The Morgan fingerprint density at radius 3 is 1.98 bits per heavy atom. The number of aliphatic hydroxyl groups is 10. The summed E-state index contributed by atoms with van der Waals surface area (Å²) in [6.45, 7) is 17.8. The second-order valence-corrected chi connectivity index (χ2v) is 26.1. The van der Waals surface area contributed by atoms with E-state index in [1.165, 1.54) is 26.8 Å². The number of allylic oxidation sites excluding steroid dienone is 3. The number of carbonyl (C=O) groups excluding carboxylic acids is 3. The molecule has 7 fully saturated rings. The van der Waals surface area contributed by atoms with Gasteiger partial charge in [-0.25, -0.2) is 9.59 Å². The Morgan fingerprint density at radius 1 is 0.704 bits per heavy atom. The average molecular weight is 1160 g/mol. The van der Waals surface area contributed by atoms with Crippen LogP contribution < -0.4 is 0 Å². The molecular weight excluding hydrogens is 1070 g/mol. The van der Waals surface area contributed by atoms with Crippen LogP contribution in [0.2, 0.25) is 0 Å².